The van der Waals surface area contributed by atoms with E-state index in [1.807, 2.05) is 0 Å². The lowest BCUT2D eigenvalue weighted by Crippen LogP contribution is -1.84. The van der Waals surface area contributed by atoms with E-state index in [4.69, 9.17) is 27.6 Å². The molecule has 0 aliphatic rings. The molecule has 0 saturated heterocycles. The molecule has 0 saturated carbocycles. The van der Waals surface area contributed by atoms with Crippen LogP contribution < -0.4 is 0 Å². The Balaban J connectivity index is 1.77. The third-order valence-electron chi connectivity index (χ3n) is 2.91. The van der Waals surface area contributed by atoms with Gasteiger partial charge in [0.25, 0.3) is 11.1 Å². The molecule has 0 N–H and O–H groups in total. The van der Waals surface area contributed by atoms with E-state index < -0.39 is 5.82 Å². The molecule has 0 aliphatic carbocycles. The molecule has 112 valence electrons. The van der Waals surface area contributed by atoms with Crippen molar-refractivity contribution < 1.29 is 8.81 Å². The zero-order valence-corrected chi connectivity index (χ0v) is 13.4. The molecule has 3 aromatic rings. The highest BCUT2D eigenvalue weighted by Gasteiger charge is 2.14. The van der Waals surface area contributed by atoms with Crippen LogP contribution in [0.5, 0.6) is 0 Å². The number of aromatic nitrogens is 2. The zero-order valence-electron chi connectivity index (χ0n) is 11.1. The highest BCUT2D eigenvalue weighted by molar-refractivity contribution is 7.98. The molecule has 1 heterocycles. The fourth-order valence-corrected chi connectivity index (χ4v) is 3.32. The van der Waals surface area contributed by atoms with E-state index in [0.29, 0.717) is 21.0 Å². The summed E-state index contributed by atoms with van der Waals surface area (Å²) in [7, 11) is 0. The lowest BCUT2D eigenvalue weighted by molar-refractivity contribution is 0.463. The summed E-state index contributed by atoms with van der Waals surface area (Å²) in [5, 5.41) is 9.25. The van der Waals surface area contributed by atoms with Gasteiger partial charge in [0.1, 0.15) is 5.82 Å². The first-order chi connectivity index (χ1) is 10.6. The number of hydrogen-bond acceptors (Lipinski definition) is 4. The molecule has 1 aromatic heterocycles. The van der Waals surface area contributed by atoms with Crippen LogP contribution in [-0.4, -0.2) is 10.2 Å². The first kappa shape index (κ1) is 15.3. The van der Waals surface area contributed by atoms with Gasteiger partial charge in [-0.2, -0.15) is 0 Å². The number of benzene rings is 2. The molecular weight excluding hydrogens is 346 g/mol. The van der Waals surface area contributed by atoms with Crippen molar-refractivity contribution in [2.45, 2.75) is 11.0 Å². The molecule has 0 unspecified atom stereocenters. The predicted molar refractivity (Wildman–Crippen MR) is 85.7 cm³/mol. The molecule has 22 heavy (non-hydrogen) atoms. The van der Waals surface area contributed by atoms with E-state index in [-0.39, 0.29) is 11.5 Å². The summed E-state index contributed by atoms with van der Waals surface area (Å²) in [6.07, 6.45) is 0. The molecule has 0 atom stereocenters. The maximum atomic E-state index is 13.7. The largest absolute Gasteiger partial charge is 0.411 e. The van der Waals surface area contributed by atoms with Crippen LogP contribution in [0.15, 0.2) is 52.1 Å². The second-order valence-corrected chi connectivity index (χ2v) is 6.08. The fourth-order valence-electron chi connectivity index (χ4n) is 1.82. The minimum Gasteiger partial charge on any atom is -0.411 e. The normalized spacial score (nSPS) is 10.9. The fraction of sp³-hybridized carbons (Fsp3) is 0.0667. The molecule has 2 aromatic carbocycles. The van der Waals surface area contributed by atoms with Crippen LogP contribution in [0.4, 0.5) is 4.39 Å². The van der Waals surface area contributed by atoms with E-state index in [9.17, 15) is 4.39 Å². The molecular formula is C15H9Cl2FN2OS. The van der Waals surface area contributed by atoms with Crippen molar-refractivity contribution in [1.82, 2.24) is 10.2 Å². The quantitative estimate of drug-likeness (QED) is 0.582. The summed E-state index contributed by atoms with van der Waals surface area (Å²) in [4.78, 5) is 0. The minimum absolute atomic E-state index is 0.144. The van der Waals surface area contributed by atoms with Crippen LogP contribution in [0.1, 0.15) is 5.56 Å². The molecule has 3 nitrogen and oxygen atoms in total. The van der Waals surface area contributed by atoms with Crippen molar-refractivity contribution >= 4 is 35.0 Å². The van der Waals surface area contributed by atoms with Crippen molar-refractivity contribution in [3.8, 4) is 11.5 Å². The van der Waals surface area contributed by atoms with Gasteiger partial charge < -0.3 is 4.42 Å². The van der Waals surface area contributed by atoms with Crippen LogP contribution >= 0.6 is 35.0 Å². The lowest BCUT2D eigenvalue weighted by atomic mass is 10.2. The Kier molecular flexibility index (Phi) is 4.66. The number of thioether (sulfide) groups is 1. The summed E-state index contributed by atoms with van der Waals surface area (Å²) < 4.78 is 19.1. The van der Waals surface area contributed by atoms with Crippen molar-refractivity contribution in [3.05, 3.63) is 63.9 Å². The Morgan fingerprint density at radius 2 is 1.73 bits per heavy atom. The van der Waals surface area contributed by atoms with Gasteiger partial charge in [-0.05, 0) is 29.8 Å². The number of nitrogens with zero attached hydrogens (tertiary/aromatic N) is 2. The summed E-state index contributed by atoms with van der Waals surface area (Å²) in [5.74, 6) is 0.222. The van der Waals surface area contributed by atoms with Crippen molar-refractivity contribution in [1.29, 1.82) is 0 Å². The molecule has 0 amide bonds. The molecule has 0 fully saturated rings. The second-order valence-electron chi connectivity index (χ2n) is 4.34. The van der Waals surface area contributed by atoms with Crippen LogP contribution in [0, 0.1) is 5.82 Å². The summed E-state index contributed by atoms with van der Waals surface area (Å²) in [5.41, 5.74) is 1.07. The maximum Gasteiger partial charge on any atom is 0.277 e. The van der Waals surface area contributed by atoms with Crippen LogP contribution in [-0.2, 0) is 5.75 Å². The Morgan fingerprint density at radius 1 is 1.00 bits per heavy atom. The molecule has 0 radical (unpaired) electrons. The van der Waals surface area contributed by atoms with Crippen LogP contribution in [0.25, 0.3) is 11.5 Å². The molecule has 7 heteroatoms. The first-order valence-electron chi connectivity index (χ1n) is 6.29. The van der Waals surface area contributed by atoms with Gasteiger partial charge in [0.15, 0.2) is 0 Å². The van der Waals surface area contributed by atoms with Gasteiger partial charge in [0, 0.05) is 15.8 Å². The van der Waals surface area contributed by atoms with Gasteiger partial charge in [-0.15, -0.1) is 10.2 Å². The van der Waals surface area contributed by atoms with E-state index in [1.54, 1.807) is 36.4 Å². The van der Waals surface area contributed by atoms with Crippen LogP contribution in [0.3, 0.4) is 0 Å². The minimum atomic E-state index is -0.406. The van der Waals surface area contributed by atoms with Crippen molar-refractivity contribution in [2.75, 3.05) is 0 Å². The predicted octanol–water partition coefficient (Wildman–Crippen LogP) is 5.47. The SMILES string of the molecule is Fc1ccccc1-c1nnc(SCc2c(Cl)cccc2Cl)o1. The summed E-state index contributed by atoms with van der Waals surface area (Å²) in [6.45, 7) is 0. The molecule has 0 bridgehead atoms. The second kappa shape index (κ2) is 6.69. The zero-order chi connectivity index (χ0) is 15.5. The Hall–Kier alpha value is -1.56. The van der Waals surface area contributed by atoms with E-state index in [0.717, 1.165) is 5.56 Å². The van der Waals surface area contributed by atoms with E-state index >= 15 is 0 Å². The van der Waals surface area contributed by atoms with Gasteiger partial charge in [-0.25, -0.2) is 4.39 Å². The number of hydrogen-bond donors (Lipinski definition) is 0. The average molecular weight is 355 g/mol. The third kappa shape index (κ3) is 3.27. The molecule has 0 spiro atoms. The van der Waals surface area contributed by atoms with Gasteiger partial charge in [0.2, 0.25) is 0 Å². The Bertz CT molecular complexity index is 789. The topological polar surface area (TPSA) is 38.9 Å². The highest BCUT2D eigenvalue weighted by atomic mass is 35.5. The highest BCUT2D eigenvalue weighted by Crippen LogP contribution is 2.32. The van der Waals surface area contributed by atoms with Crippen molar-refractivity contribution in [2.24, 2.45) is 0 Å². The number of rotatable bonds is 4. The Labute approximate surface area is 140 Å². The molecule has 0 aliphatic heterocycles. The van der Waals surface area contributed by atoms with Gasteiger partial charge >= 0.3 is 0 Å². The van der Waals surface area contributed by atoms with Crippen molar-refractivity contribution in [3.63, 3.8) is 0 Å². The van der Waals surface area contributed by atoms with Crippen LogP contribution in [0.2, 0.25) is 10.0 Å². The maximum absolute atomic E-state index is 13.7. The van der Waals surface area contributed by atoms with Gasteiger partial charge in [-0.3, -0.25) is 0 Å². The first-order valence-corrected chi connectivity index (χ1v) is 8.03. The van der Waals surface area contributed by atoms with Gasteiger partial charge in [0.05, 0.1) is 5.56 Å². The number of halogens is 3. The average Bonchev–Trinajstić information content (AvgIpc) is 2.96. The summed E-state index contributed by atoms with van der Waals surface area (Å²) >= 11 is 13.5. The van der Waals surface area contributed by atoms with E-state index in [1.165, 1.54) is 17.8 Å². The van der Waals surface area contributed by atoms with Gasteiger partial charge in [-0.1, -0.05) is 53.2 Å². The Morgan fingerprint density at radius 3 is 2.45 bits per heavy atom. The standard InChI is InChI=1S/C15H9Cl2FN2OS/c16-11-5-3-6-12(17)10(11)8-22-15-20-19-14(21-15)9-4-1-2-7-13(9)18/h1-7H,8H2. The monoisotopic (exact) mass is 354 g/mol. The third-order valence-corrected chi connectivity index (χ3v) is 4.47. The summed E-state index contributed by atoms with van der Waals surface area (Å²) in [6, 6.07) is 11.5. The smallest absolute Gasteiger partial charge is 0.277 e. The lowest BCUT2D eigenvalue weighted by Gasteiger charge is -2.04. The van der Waals surface area contributed by atoms with E-state index in [2.05, 4.69) is 10.2 Å². The molecule has 3 rings (SSSR count).